The Kier molecular flexibility index (Phi) is 9.86. The number of likely N-dealkylation sites (tertiary alicyclic amines) is 1. The van der Waals surface area contributed by atoms with E-state index in [1.165, 1.54) is 17.4 Å². The van der Waals surface area contributed by atoms with E-state index in [1.807, 2.05) is 46.9 Å². The molecule has 0 aromatic carbocycles. The van der Waals surface area contributed by atoms with Crippen molar-refractivity contribution in [2.45, 2.75) is 56.6 Å². The number of hydrogen-bond donors (Lipinski definition) is 4. The van der Waals surface area contributed by atoms with Gasteiger partial charge in [-0.25, -0.2) is 19.3 Å². The predicted octanol–water partition coefficient (Wildman–Crippen LogP) is 3.03. The number of aliphatic hydroxyl groups excluding tert-OH is 2. The van der Waals surface area contributed by atoms with Crippen LogP contribution in [0.3, 0.4) is 0 Å². The molecule has 4 aromatic rings. The van der Waals surface area contributed by atoms with E-state index in [2.05, 4.69) is 15.0 Å². The molecule has 17 heteroatoms. The third-order valence-electron chi connectivity index (χ3n) is 7.88. The summed E-state index contributed by atoms with van der Waals surface area (Å²) in [5, 5.41) is 41.6. The molecule has 2 atom stereocenters. The van der Waals surface area contributed by atoms with Gasteiger partial charge in [0, 0.05) is 66.0 Å². The second-order valence-electron chi connectivity index (χ2n) is 11.0. The lowest BCUT2D eigenvalue weighted by atomic mass is 9.84. The van der Waals surface area contributed by atoms with Gasteiger partial charge in [-0.3, -0.25) is 9.58 Å². The highest BCUT2D eigenvalue weighted by Crippen LogP contribution is 2.52. The fourth-order valence-electron chi connectivity index (χ4n) is 5.39. The third kappa shape index (κ3) is 7.11. The van der Waals surface area contributed by atoms with Gasteiger partial charge in [0.25, 0.3) is 5.92 Å². The van der Waals surface area contributed by atoms with Crippen molar-refractivity contribution >= 4 is 34.9 Å². The first-order valence-corrected chi connectivity index (χ1v) is 15.3. The molecule has 2 aliphatic rings. The molecule has 6 heterocycles. The summed E-state index contributed by atoms with van der Waals surface area (Å²) in [6.07, 6.45) is 4.24. The number of aliphatic carboxylic acids is 2. The van der Waals surface area contributed by atoms with Gasteiger partial charge in [0.05, 0.1) is 16.6 Å². The number of aryl methyl sites for hydroxylation is 1. The highest BCUT2D eigenvalue weighted by molar-refractivity contribution is 7.16. The quantitative estimate of drug-likeness (QED) is 0.215. The number of thiophene rings is 1. The number of nitrogens with zero attached hydrogens (tertiary/aromatic N) is 6. The standard InChI is InChI=1S/C25H25ClF2N6OS.C4H6O6/c1-17-19(15-34(31-17)23-18(4-2-7-29-23)14-33-9-3-8-30-33)13-32-10-5-24(6-11-32)22-20(12-21(26)36-22)25(27,28)16-35-24;5-1(3(7)8)2(6)4(9)10/h2-4,7-9,12,15H,5-6,10-11,13-14,16H2,1H3;1-2,5-6H,(H,7,8)(H,9,10)/t;1-,2-/m.1/s1. The van der Waals surface area contributed by atoms with Crippen LogP contribution in [0, 0.1) is 6.92 Å². The molecule has 1 fully saturated rings. The fourth-order valence-corrected chi connectivity index (χ4v) is 6.87. The lowest BCUT2D eigenvalue weighted by Crippen LogP contribution is -2.48. The molecule has 4 N–H and O–H groups in total. The van der Waals surface area contributed by atoms with Crippen molar-refractivity contribution in [1.82, 2.24) is 29.4 Å². The smallest absolute Gasteiger partial charge is 0.335 e. The lowest BCUT2D eigenvalue weighted by Gasteiger charge is -2.45. The first kappa shape index (κ1) is 33.6. The Morgan fingerprint density at radius 2 is 1.78 bits per heavy atom. The number of ether oxygens (including phenoxy) is 1. The predicted molar refractivity (Wildman–Crippen MR) is 160 cm³/mol. The van der Waals surface area contributed by atoms with Crippen LogP contribution in [0.25, 0.3) is 5.82 Å². The molecule has 2 aliphatic heterocycles. The maximum Gasteiger partial charge on any atom is 0.335 e. The number of piperidine rings is 1. The van der Waals surface area contributed by atoms with E-state index in [0.29, 0.717) is 28.6 Å². The summed E-state index contributed by atoms with van der Waals surface area (Å²) in [4.78, 5) is 27.0. The molecule has 1 saturated heterocycles. The highest BCUT2D eigenvalue weighted by Gasteiger charge is 2.51. The van der Waals surface area contributed by atoms with E-state index in [4.69, 9.17) is 41.9 Å². The minimum atomic E-state index is -2.99. The molecule has 0 amide bonds. The van der Waals surface area contributed by atoms with Gasteiger partial charge < -0.3 is 25.2 Å². The Labute approximate surface area is 270 Å². The third-order valence-corrected chi connectivity index (χ3v) is 9.33. The number of hydrogen-bond acceptors (Lipinski definition) is 10. The number of aliphatic hydroxyl groups is 2. The zero-order valence-electron chi connectivity index (χ0n) is 24.5. The van der Waals surface area contributed by atoms with Crippen LogP contribution in [0.2, 0.25) is 4.34 Å². The molecule has 6 rings (SSSR count). The number of carbonyl (C=O) groups is 2. The molecule has 0 radical (unpaired) electrons. The second-order valence-corrected chi connectivity index (χ2v) is 12.7. The van der Waals surface area contributed by atoms with Gasteiger partial charge in [-0.2, -0.15) is 19.0 Å². The topological polar surface area (TPSA) is 176 Å². The van der Waals surface area contributed by atoms with E-state index in [1.54, 1.807) is 12.4 Å². The number of alkyl halides is 2. The highest BCUT2D eigenvalue weighted by atomic mass is 35.5. The maximum atomic E-state index is 14.4. The summed E-state index contributed by atoms with van der Waals surface area (Å²) >= 11 is 7.36. The zero-order chi connectivity index (χ0) is 33.2. The van der Waals surface area contributed by atoms with Crippen molar-refractivity contribution < 1.29 is 43.5 Å². The lowest BCUT2D eigenvalue weighted by molar-refractivity contribution is -0.182. The summed E-state index contributed by atoms with van der Waals surface area (Å²) in [6.45, 7) is 4.20. The number of carboxylic acid groups (broad SMARTS) is 2. The minimum absolute atomic E-state index is 0.0376. The van der Waals surface area contributed by atoms with Crippen molar-refractivity contribution in [3.63, 3.8) is 0 Å². The van der Waals surface area contributed by atoms with Crippen molar-refractivity contribution in [3.8, 4) is 5.82 Å². The van der Waals surface area contributed by atoms with E-state index >= 15 is 0 Å². The number of carboxylic acids is 2. The molecule has 0 aliphatic carbocycles. The summed E-state index contributed by atoms with van der Waals surface area (Å²) in [5.41, 5.74) is 2.42. The number of pyridine rings is 1. The van der Waals surface area contributed by atoms with Crippen molar-refractivity contribution in [2.24, 2.45) is 0 Å². The van der Waals surface area contributed by atoms with Crippen molar-refractivity contribution in [1.29, 1.82) is 0 Å². The number of fused-ring (bicyclic) bond motifs is 2. The Hall–Kier alpha value is -3.80. The van der Waals surface area contributed by atoms with E-state index < -0.39 is 42.3 Å². The number of rotatable bonds is 8. The van der Waals surface area contributed by atoms with Crippen molar-refractivity contribution in [3.05, 3.63) is 80.7 Å². The van der Waals surface area contributed by atoms with Crippen LogP contribution in [0.4, 0.5) is 8.78 Å². The van der Waals surface area contributed by atoms with Crippen molar-refractivity contribution in [2.75, 3.05) is 19.7 Å². The summed E-state index contributed by atoms with van der Waals surface area (Å²) in [5.74, 6) is -5.75. The van der Waals surface area contributed by atoms with Crippen LogP contribution >= 0.6 is 22.9 Å². The average Bonchev–Trinajstić information content (AvgIpc) is 3.77. The first-order chi connectivity index (χ1) is 21.8. The first-order valence-electron chi connectivity index (χ1n) is 14.1. The van der Waals surface area contributed by atoms with Crippen LogP contribution in [0.1, 0.15) is 40.1 Å². The molecule has 46 heavy (non-hydrogen) atoms. The number of halogens is 3. The summed E-state index contributed by atoms with van der Waals surface area (Å²) < 4.78 is 38.8. The largest absolute Gasteiger partial charge is 0.479 e. The van der Waals surface area contributed by atoms with Gasteiger partial charge in [0.1, 0.15) is 12.2 Å². The van der Waals surface area contributed by atoms with Crippen LogP contribution in [0.5, 0.6) is 0 Å². The molecule has 0 bridgehead atoms. The Morgan fingerprint density at radius 1 is 1.09 bits per heavy atom. The fraction of sp³-hybridized carbons (Fsp3) is 0.414. The molecular weight excluding hydrogens is 650 g/mol. The minimum Gasteiger partial charge on any atom is -0.479 e. The van der Waals surface area contributed by atoms with Gasteiger partial charge in [0.15, 0.2) is 18.0 Å². The van der Waals surface area contributed by atoms with Gasteiger partial charge in [-0.05, 0) is 38.0 Å². The summed E-state index contributed by atoms with van der Waals surface area (Å²) in [6, 6.07) is 7.25. The molecule has 0 saturated carbocycles. The van der Waals surface area contributed by atoms with E-state index in [0.717, 1.165) is 42.3 Å². The summed E-state index contributed by atoms with van der Waals surface area (Å²) in [7, 11) is 0. The van der Waals surface area contributed by atoms with Gasteiger partial charge in [0.2, 0.25) is 0 Å². The van der Waals surface area contributed by atoms with Crippen LogP contribution in [0.15, 0.2) is 49.1 Å². The van der Waals surface area contributed by atoms with Gasteiger partial charge in [-0.1, -0.05) is 17.7 Å². The van der Waals surface area contributed by atoms with Gasteiger partial charge >= 0.3 is 11.9 Å². The Balaban J connectivity index is 0.000000362. The maximum absolute atomic E-state index is 14.4. The van der Waals surface area contributed by atoms with E-state index in [9.17, 15) is 18.4 Å². The molecular formula is C29H31ClF2N6O7S. The van der Waals surface area contributed by atoms with Crippen LogP contribution < -0.4 is 0 Å². The molecule has 1 spiro atoms. The Morgan fingerprint density at radius 3 is 2.41 bits per heavy atom. The van der Waals surface area contributed by atoms with Crippen LogP contribution in [-0.2, 0) is 38.9 Å². The number of aromatic nitrogens is 5. The molecule has 0 unspecified atom stereocenters. The average molecular weight is 681 g/mol. The monoisotopic (exact) mass is 680 g/mol. The van der Waals surface area contributed by atoms with Crippen LogP contribution in [-0.4, -0.2) is 93.7 Å². The zero-order valence-corrected chi connectivity index (χ0v) is 26.0. The molecule has 13 nitrogen and oxygen atoms in total. The Bertz CT molecular complexity index is 1670. The van der Waals surface area contributed by atoms with E-state index in [-0.39, 0.29) is 5.56 Å². The molecule has 246 valence electrons. The second kappa shape index (κ2) is 13.5. The normalized spacial score (nSPS) is 18.3. The SMILES string of the molecule is Cc1nn(-c2ncccc2Cn2cccn2)cc1CN1CCC2(CC1)OCC(F)(F)c1cc(Cl)sc12.O=C(O)[C@H](O)[C@@H](O)C(=O)O. The molecule has 4 aromatic heterocycles. The van der Waals surface area contributed by atoms with Gasteiger partial charge in [-0.15, -0.1) is 11.3 Å².